The molecule has 0 unspecified atom stereocenters. The Morgan fingerprint density at radius 1 is 1.30 bits per heavy atom. The number of aromatic nitrogens is 1. The average molecular weight is 311 g/mol. The summed E-state index contributed by atoms with van der Waals surface area (Å²) in [6.45, 7) is 1.62. The third kappa shape index (κ3) is 3.40. The molecule has 2 aromatic rings. The van der Waals surface area contributed by atoms with Crippen molar-refractivity contribution in [2.24, 2.45) is 0 Å². The molecule has 2 rings (SSSR count). The third-order valence-corrected chi connectivity index (χ3v) is 3.29. The summed E-state index contributed by atoms with van der Waals surface area (Å²) in [6, 6.07) is 8.20. The van der Waals surface area contributed by atoms with E-state index in [1.54, 1.807) is 43.5 Å². The highest BCUT2D eigenvalue weighted by Gasteiger charge is 2.08. The van der Waals surface area contributed by atoms with Gasteiger partial charge in [0.2, 0.25) is 5.91 Å². The number of benzene rings is 1. The van der Waals surface area contributed by atoms with Crippen molar-refractivity contribution in [1.29, 1.82) is 0 Å². The summed E-state index contributed by atoms with van der Waals surface area (Å²) in [5.74, 6) is -0.345. The fraction of sp³-hybridized carbons (Fsp3) is 0.143. The van der Waals surface area contributed by atoms with Crippen molar-refractivity contribution < 1.29 is 4.79 Å². The first-order valence-corrected chi connectivity index (χ1v) is 6.64. The minimum absolute atomic E-state index is 0.0800. The van der Waals surface area contributed by atoms with Crippen molar-refractivity contribution in [3.8, 4) is 0 Å². The molecule has 1 aromatic carbocycles. The Labute approximate surface area is 125 Å². The van der Waals surface area contributed by atoms with Gasteiger partial charge in [0.05, 0.1) is 10.7 Å². The molecule has 0 saturated heterocycles. The lowest BCUT2D eigenvalue weighted by Gasteiger charge is -2.09. The molecule has 1 heterocycles. The van der Waals surface area contributed by atoms with Crippen LogP contribution in [0.25, 0.3) is 0 Å². The van der Waals surface area contributed by atoms with Crippen LogP contribution in [0, 0.1) is 6.92 Å². The van der Waals surface area contributed by atoms with E-state index in [9.17, 15) is 9.59 Å². The second-order valence-electron chi connectivity index (χ2n) is 4.30. The van der Waals surface area contributed by atoms with Gasteiger partial charge in [-0.1, -0.05) is 29.3 Å². The predicted molar refractivity (Wildman–Crippen MR) is 80.5 cm³/mol. The first-order valence-electron chi connectivity index (χ1n) is 5.88. The summed E-state index contributed by atoms with van der Waals surface area (Å²) < 4.78 is 1.34. The Kier molecular flexibility index (Phi) is 4.47. The second kappa shape index (κ2) is 6.11. The maximum absolute atomic E-state index is 11.9. The summed E-state index contributed by atoms with van der Waals surface area (Å²) in [6.07, 6.45) is 1.56. The lowest BCUT2D eigenvalue weighted by molar-refractivity contribution is -0.116. The molecule has 0 spiro atoms. The van der Waals surface area contributed by atoms with E-state index >= 15 is 0 Å². The van der Waals surface area contributed by atoms with Crippen molar-refractivity contribution in [2.45, 2.75) is 13.5 Å². The van der Waals surface area contributed by atoms with E-state index in [-0.39, 0.29) is 18.0 Å². The number of amides is 1. The topological polar surface area (TPSA) is 51.1 Å². The van der Waals surface area contributed by atoms with Crippen molar-refractivity contribution in [2.75, 3.05) is 5.32 Å². The van der Waals surface area contributed by atoms with Gasteiger partial charge in [0, 0.05) is 16.8 Å². The minimum Gasteiger partial charge on any atom is -0.323 e. The predicted octanol–water partition coefficient (Wildman–Crippen LogP) is 3.10. The molecular formula is C14H12Cl2N2O2. The number of halogens is 2. The zero-order chi connectivity index (χ0) is 14.7. The number of nitrogens with one attached hydrogen (secondary N) is 1. The maximum atomic E-state index is 11.9. The van der Waals surface area contributed by atoms with E-state index in [0.717, 1.165) is 0 Å². The number of carbonyl (C=O) groups excluding carboxylic acids is 1. The standard InChI is InChI=1S/C14H12Cl2N2O2/c1-9-3-2-6-18(14(9)20)8-13(19)17-12-7-10(15)4-5-11(12)16/h2-7H,8H2,1H3,(H,17,19). The monoisotopic (exact) mass is 310 g/mol. The number of carbonyl (C=O) groups is 1. The van der Waals surface area contributed by atoms with Gasteiger partial charge in [0.15, 0.2) is 0 Å². The molecule has 0 atom stereocenters. The Balaban J connectivity index is 2.15. The van der Waals surface area contributed by atoms with Crippen molar-refractivity contribution >= 4 is 34.8 Å². The summed E-state index contributed by atoms with van der Waals surface area (Å²) in [5.41, 5.74) is 0.811. The quantitative estimate of drug-likeness (QED) is 0.947. The van der Waals surface area contributed by atoms with Gasteiger partial charge in [0.25, 0.3) is 5.56 Å². The number of aryl methyl sites for hydroxylation is 1. The summed E-state index contributed by atoms with van der Waals surface area (Å²) >= 11 is 11.8. The smallest absolute Gasteiger partial charge is 0.253 e. The molecular weight excluding hydrogens is 299 g/mol. The van der Waals surface area contributed by atoms with Crippen LogP contribution < -0.4 is 10.9 Å². The number of hydrogen-bond acceptors (Lipinski definition) is 2. The molecule has 0 saturated carbocycles. The third-order valence-electron chi connectivity index (χ3n) is 2.73. The summed E-state index contributed by atoms with van der Waals surface area (Å²) in [7, 11) is 0. The van der Waals surface area contributed by atoms with Crippen LogP contribution in [0.4, 0.5) is 5.69 Å². The Bertz CT molecular complexity index is 711. The van der Waals surface area contributed by atoms with Gasteiger partial charge >= 0.3 is 0 Å². The van der Waals surface area contributed by atoms with Crippen LogP contribution >= 0.6 is 23.2 Å². The molecule has 6 heteroatoms. The van der Waals surface area contributed by atoms with Crippen molar-refractivity contribution in [3.05, 3.63) is 62.5 Å². The highest BCUT2D eigenvalue weighted by molar-refractivity contribution is 6.35. The fourth-order valence-corrected chi connectivity index (χ4v) is 2.06. The van der Waals surface area contributed by atoms with Gasteiger partial charge in [-0.25, -0.2) is 0 Å². The number of pyridine rings is 1. The molecule has 1 N–H and O–H groups in total. The van der Waals surface area contributed by atoms with Crippen molar-refractivity contribution in [3.63, 3.8) is 0 Å². The van der Waals surface area contributed by atoms with Gasteiger partial charge in [-0.2, -0.15) is 0 Å². The summed E-state index contributed by atoms with van der Waals surface area (Å²) in [5, 5.41) is 3.49. The fourth-order valence-electron chi connectivity index (χ4n) is 1.72. The van der Waals surface area contributed by atoms with Gasteiger partial charge in [-0.05, 0) is 31.2 Å². The number of anilines is 1. The lowest BCUT2D eigenvalue weighted by atomic mass is 10.3. The van der Waals surface area contributed by atoms with E-state index in [2.05, 4.69) is 5.32 Å². The molecule has 20 heavy (non-hydrogen) atoms. The van der Waals surface area contributed by atoms with Gasteiger partial charge in [0.1, 0.15) is 6.54 Å². The van der Waals surface area contributed by atoms with Gasteiger partial charge in [-0.15, -0.1) is 0 Å². The zero-order valence-corrected chi connectivity index (χ0v) is 12.2. The van der Waals surface area contributed by atoms with Crippen LogP contribution in [0.15, 0.2) is 41.3 Å². The Morgan fingerprint density at radius 3 is 2.80 bits per heavy atom. The van der Waals surface area contributed by atoms with Gasteiger partial charge < -0.3 is 9.88 Å². The normalized spacial score (nSPS) is 10.3. The molecule has 0 bridgehead atoms. The SMILES string of the molecule is Cc1cccn(CC(=O)Nc2cc(Cl)ccc2Cl)c1=O. The second-order valence-corrected chi connectivity index (χ2v) is 5.14. The number of hydrogen-bond donors (Lipinski definition) is 1. The largest absolute Gasteiger partial charge is 0.323 e. The maximum Gasteiger partial charge on any atom is 0.253 e. The van der Waals surface area contributed by atoms with Crippen LogP contribution in [0.3, 0.4) is 0 Å². The van der Waals surface area contributed by atoms with Crippen LogP contribution in [0.5, 0.6) is 0 Å². The highest BCUT2D eigenvalue weighted by atomic mass is 35.5. The molecule has 104 valence electrons. The molecule has 0 aliphatic heterocycles. The molecule has 0 fully saturated rings. The number of nitrogens with zero attached hydrogens (tertiary/aromatic N) is 1. The Morgan fingerprint density at radius 2 is 2.05 bits per heavy atom. The van der Waals surface area contributed by atoms with E-state index < -0.39 is 0 Å². The average Bonchev–Trinajstić information content (AvgIpc) is 2.39. The first kappa shape index (κ1) is 14.6. The zero-order valence-electron chi connectivity index (χ0n) is 10.7. The van der Waals surface area contributed by atoms with Gasteiger partial charge in [-0.3, -0.25) is 9.59 Å². The van der Waals surface area contributed by atoms with E-state index in [0.29, 0.717) is 21.3 Å². The van der Waals surface area contributed by atoms with Crippen molar-refractivity contribution in [1.82, 2.24) is 4.57 Å². The molecule has 1 amide bonds. The molecule has 0 aliphatic rings. The molecule has 1 aromatic heterocycles. The Hall–Kier alpha value is -1.78. The van der Waals surface area contributed by atoms with Crippen LogP contribution in [0.1, 0.15) is 5.56 Å². The molecule has 0 aliphatic carbocycles. The van der Waals surface area contributed by atoms with Crippen LogP contribution in [-0.4, -0.2) is 10.5 Å². The van der Waals surface area contributed by atoms with E-state index in [1.165, 1.54) is 4.57 Å². The first-order chi connectivity index (χ1) is 9.47. The highest BCUT2D eigenvalue weighted by Crippen LogP contribution is 2.25. The van der Waals surface area contributed by atoms with Crippen LogP contribution in [-0.2, 0) is 11.3 Å². The molecule has 0 radical (unpaired) electrons. The minimum atomic E-state index is -0.345. The lowest BCUT2D eigenvalue weighted by Crippen LogP contribution is -2.28. The molecule has 4 nitrogen and oxygen atoms in total. The van der Waals surface area contributed by atoms with E-state index in [4.69, 9.17) is 23.2 Å². The number of rotatable bonds is 3. The summed E-state index contributed by atoms with van der Waals surface area (Å²) in [4.78, 5) is 23.7. The van der Waals surface area contributed by atoms with E-state index in [1.807, 2.05) is 0 Å². The van der Waals surface area contributed by atoms with Crippen LogP contribution in [0.2, 0.25) is 10.0 Å².